The van der Waals surface area contributed by atoms with Crippen LogP contribution in [0, 0.1) is 0 Å². The molecule has 172 valence electrons. The number of nitrogens with zero attached hydrogens (tertiary/aromatic N) is 1. The van der Waals surface area contributed by atoms with Gasteiger partial charge in [-0.05, 0) is 6.42 Å². The Balaban J connectivity index is 2.05. The molecule has 0 amide bonds. The van der Waals surface area contributed by atoms with E-state index in [0.717, 1.165) is 25.3 Å². The number of ketones is 1. The molecule has 5 nitrogen and oxygen atoms in total. The van der Waals surface area contributed by atoms with Crippen LogP contribution in [-0.4, -0.2) is 20.6 Å². The lowest BCUT2D eigenvalue weighted by Crippen LogP contribution is -2.16. The summed E-state index contributed by atoms with van der Waals surface area (Å²) in [6.07, 6.45) is 20.5. The van der Waals surface area contributed by atoms with Crippen LogP contribution in [-0.2, 0) is 6.54 Å². The van der Waals surface area contributed by atoms with Crippen LogP contribution in [0.4, 0.5) is 0 Å². The minimum absolute atomic E-state index is 0.0963. The molecule has 0 saturated heterocycles. The first kappa shape index (κ1) is 26.3. The summed E-state index contributed by atoms with van der Waals surface area (Å²) in [6, 6.07) is 0.967. The van der Waals surface area contributed by atoms with Crippen LogP contribution in [0.2, 0.25) is 0 Å². The Labute approximate surface area is 182 Å². The molecule has 30 heavy (non-hydrogen) atoms. The van der Waals surface area contributed by atoms with Crippen molar-refractivity contribution in [3.63, 3.8) is 0 Å². The van der Waals surface area contributed by atoms with Gasteiger partial charge < -0.3 is 14.8 Å². The molecule has 2 N–H and O–H groups in total. The van der Waals surface area contributed by atoms with Gasteiger partial charge >= 0.3 is 0 Å². The van der Waals surface area contributed by atoms with E-state index in [9.17, 15) is 19.8 Å². The number of carbonyl (C=O) groups excluding carboxylic acids is 1. The van der Waals surface area contributed by atoms with Crippen LogP contribution in [0.1, 0.15) is 127 Å². The van der Waals surface area contributed by atoms with E-state index in [1.165, 1.54) is 95.0 Å². The Morgan fingerprint density at radius 1 is 0.767 bits per heavy atom. The van der Waals surface area contributed by atoms with Gasteiger partial charge in [0.15, 0.2) is 17.4 Å². The van der Waals surface area contributed by atoms with E-state index < -0.39 is 17.0 Å². The molecular weight excluding hydrogens is 378 g/mol. The Kier molecular flexibility index (Phi) is 14.0. The quantitative estimate of drug-likeness (QED) is 0.203. The van der Waals surface area contributed by atoms with Crippen molar-refractivity contribution in [1.82, 2.24) is 4.57 Å². The molecule has 0 saturated carbocycles. The number of pyridine rings is 1. The molecule has 0 unspecified atom stereocenters. The summed E-state index contributed by atoms with van der Waals surface area (Å²) in [5.74, 6) is -1.25. The zero-order chi connectivity index (χ0) is 22.2. The first-order valence-electron chi connectivity index (χ1n) is 12.2. The third kappa shape index (κ3) is 10.3. The molecule has 1 rings (SSSR count). The van der Waals surface area contributed by atoms with E-state index in [-0.39, 0.29) is 11.6 Å². The Morgan fingerprint density at radius 2 is 1.17 bits per heavy atom. The van der Waals surface area contributed by atoms with Gasteiger partial charge in [0, 0.05) is 19.5 Å². The fourth-order valence-corrected chi connectivity index (χ4v) is 4.02. The van der Waals surface area contributed by atoms with Gasteiger partial charge in [-0.1, -0.05) is 103 Å². The molecule has 0 atom stereocenters. The van der Waals surface area contributed by atoms with Crippen molar-refractivity contribution in [3.8, 4) is 11.6 Å². The van der Waals surface area contributed by atoms with E-state index >= 15 is 0 Å². The van der Waals surface area contributed by atoms with E-state index in [2.05, 4.69) is 6.92 Å². The fraction of sp³-hybridized carbons (Fsp3) is 0.760. The normalized spacial score (nSPS) is 11.1. The molecule has 0 bridgehead atoms. The number of unbranched alkanes of at least 4 members (excludes halogenated alkanes) is 15. The van der Waals surface area contributed by atoms with Crippen LogP contribution in [0.15, 0.2) is 10.9 Å². The van der Waals surface area contributed by atoms with Crippen molar-refractivity contribution < 1.29 is 15.0 Å². The van der Waals surface area contributed by atoms with E-state index in [1.54, 1.807) is 0 Å². The monoisotopic (exact) mass is 421 g/mol. The first-order valence-corrected chi connectivity index (χ1v) is 12.2. The molecule has 0 aliphatic carbocycles. The van der Waals surface area contributed by atoms with Crippen LogP contribution in [0.3, 0.4) is 0 Å². The maximum Gasteiger partial charge on any atom is 0.227 e. The summed E-state index contributed by atoms with van der Waals surface area (Å²) >= 11 is 0. The zero-order valence-electron chi connectivity index (χ0n) is 19.3. The molecule has 0 fully saturated rings. The lowest BCUT2D eigenvalue weighted by atomic mass is 10.0. The molecule has 1 aromatic heterocycles. The van der Waals surface area contributed by atoms with Gasteiger partial charge in [0.05, 0.1) is 0 Å². The topological polar surface area (TPSA) is 79.5 Å². The second-order valence-corrected chi connectivity index (χ2v) is 8.58. The van der Waals surface area contributed by atoms with E-state index in [1.807, 2.05) is 0 Å². The zero-order valence-corrected chi connectivity index (χ0v) is 19.3. The third-order valence-electron chi connectivity index (χ3n) is 5.83. The second kappa shape index (κ2) is 16.0. The number of carbonyl (C=O) groups is 1. The Bertz CT molecular complexity index is 666. The van der Waals surface area contributed by atoms with Crippen LogP contribution < -0.4 is 5.43 Å². The number of aromatic hydroxyl groups is 2. The summed E-state index contributed by atoms with van der Waals surface area (Å²) < 4.78 is 1.35. The van der Waals surface area contributed by atoms with Crippen LogP contribution in [0.5, 0.6) is 11.6 Å². The van der Waals surface area contributed by atoms with E-state index in [4.69, 9.17) is 0 Å². The SMILES string of the molecule is CCCCCCCCCCCCCCCCCCn1c(O)cc(=O)c(O)c1C(C)=O. The molecule has 0 aliphatic rings. The molecule has 1 aromatic rings. The van der Waals surface area contributed by atoms with Gasteiger partial charge in [0.1, 0.15) is 5.69 Å². The smallest absolute Gasteiger partial charge is 0.227 e. The first-order chi connectivity index (χ1) is 14.5. The number of hydrogen-bond acceptors (Lipinski definition) is 4. The maximum absolute atomic E-state index is 11.7. The number of Topliss-reactive ketones (excluding diaryl/α,β-unsaturated/α-hetero) is 1. The van der Waals surface area contributed by atoms with Crippen molar-refractivity contribution in [2.24, 2.45) is 0 Å². The van der Waals surface area contributed by atoms with Gasteiger partial charge in [-0.3, -0.25) is 9.59 Å². The van der Waals surface area contributed by atoms with Crippen molar-refractivity contribution in [3.05, 3.63) is 22.0 Å². The molecular formula is C25H43NO4. The predicted molar refractivity (Wildman–Crippen MR) is 124 cm³/mol. The summed E-state index contributed by atoms with van der Waals surface area (Å²) in [5, 5.41) is 19.8. The van der Waals surface area contributed by atoms with Crippen molar-refractivity contribution >= 4 is 5.78 Å². The highest BCUT2D eigenvalue weighted by Crippen LogP contribution is 2.21. The molecule has 0 radical (unpaired) electrons. The van der Waals surface area contributed by atoms with Gasteiger partial charge in [-0.15, -0.1) is 0 Å². The maximum atomic E-state index is 11.7. The largest absolute Gasteiger partial charge is 0.503 e. The second-order valence-electron chi connectivity index (χ2n) is 8.58. The molecule has 0 aliphatic heterocycles. The molecule has 5 heteroatoms. The van der Waals surface area contributed by atoms with Crippen molar-refractivity contribution in [2.45, 2.75) is 123 Å². The fourth-order valence-electron chi connectivity index (χ4n) is 4.02. The molecule has 0 aromatic carbocycles. The van der Waals surface area contributed by atoms with Crippen molar-refractivity contribution in [2.75, 3.05) is 0 Å². The summed E-state index contributed by atoms with van der Waals surface area (Å²) in [6.45, 7) is 3.98. The van der Waals surface area contributed by atoms with Gasteiger partial charge in [0.25, 0.3) is 0 Å². The minimum atomic E-state index is -0.721. The molecule has 0 spiro atoms. The van der Waals surface area contributed by atoms with Gasteiger partial charge in [-0.2, -0.15) is 0 Å². The summed E-state index contributed by atoms with van der Waals surface area (Å²) in [4.78, 5) is 23.3. The average Bonchev–Trinajstić information content (AvgIpc) is 2.70. The van der Waals surface area contributed by atoms with Gasteiger partial charge in [-0.25, -0.2) is 0 Å². The number of aromatic nitrogens is 1. The van der Waals surface area contributed by atoms with Crippen LogP contribution in [0.25, 0.3) is 0 Å². The Hall–Kier alpha value is -1.78. The number of hydrogen-bond donors (Lipinski definition) is 2. The van der Waals surface area contributed by atoms with Crippen LogP contribution >= 0.6 is 0 Å². The van der Waals surface area contributed by atoms with Crippen molar-refractivity contribution in [1.29, 1.82) is 0 Å². The summed E-state index contributed by atoms with van der Waals surface area (Å²) in [7, 11) is 0. The Morgan fingerprint density at radius 3 is 1.57 bits per heavy atom. The summed E-state index contributed by atoms with van der Waals surface area (Å²) in [5.41, 5.74) is -0.818. The lowest BCUT2D eigenvalue weighted by molar-refractivity contribution is 0.0998. The minimum Gasteiger partial charge on any atom is -0.503 e. The lowest BCUT2D eigenvalue weighted by Gasteiger charge is -2.14. The van der Waals surface area contributed by atoms with Gasteiger partial charge in [0.2, 0.25) is 5.43 Å². The highest BCUT2D eigenvalue weighted by Gasteiger charge is 2.17. The highest BCUT2D eigenvalue weighted by molar-refractivity contribution is 5.95. The number of rotatable bonds is 18. The standard InChI is InChI=1S/C25H43NO4/c1-3-4-5-6-7-8-9-10-11-12-13-14-15-16-17-18-19-26-23(29)20-22(28)25(30)24(26)21(2)27/h20,29-30H,3-19H2,1-2H3. The molecule has 1 heterocycles. The highest BCUT2D eigenvalue weighted by atomic mass is 16.3. The average molecular weight is 422 g/mol. The third-order valence-corrected chi connectivity index (χ3v) is 5.83. The van der Waals surface area contributed by atoms with E-state index in [0.29, 0.717) is 6.54 Å². The predicted octanol–water partition coefficient (Wildman–Crippen LogP) is 6.72.